The first-order valence-corrected chi connectivity index (χ1v) is 12.0. The van der Waals surface area contributed by atoms with E-state index in [0.717, 1.165) is 12.8 Å². The molecule has 2 bridgehead atoms. The van der Waals surface area contributed by atoms with Gasteiger partial charge in [0.15, 0.2) is 5.65 Å². The van der Waals surface area contributed by atoms with Crippen molar-refractivity contribution in [1.29, 1.82) is 0 Å². The van der Waals surface area contributed by atoms with Gasteiger partial charge in [0.05, 0.1) is 57.7 Å². The van der Waals surface area contributed by atoms with Crippen LogP contribution in [0.4, 0.5) is 10.1 Å². The number of fused-ring (bicyclic) bond motifs is 3. The minimum Gasteiger partial charge on any atom is -0.390 e. The van der Waals surface area contributed by atoms with E-state index in [0.29, 0.717) is 46.9 Å². The summed E-state index contributed by atoms with van der Waals surface area (Å²) < 4.78 is 15.8. The minimum absolute atomic E-state index is 0.251. The van der Waals surface area contributed by atoms with Crippen LogP contribution in [0, 0.1) is 0 Å². The lowest BCUT2D eigenvalue weighted by Gasteiger charge is -2.30. The summed E-state index contributed by atoms with van der Waals surface area (Å²) in [5.74, 6) is -0.508. The van der Waals surface area contributed by atoms with E-state index in [1.54, 1.807) is 23.0 Å². The molecule has 2 aliphatic rings. The number of pyridine rings is 1. The molecule has 5 rings (SSSR count). The lowest BCUT2D eigenvalue weighted by molar-refractivity contribution is -0.00177. The maximum absolute atomic E-state index is 14.3. The summed E-state index contributed by atoms with van der Waals surface area (Å²) in [6.07, 6.45) is 8.16. The Balaban J connectivity index is 1.49. The van der Waals surface area contributed by atoms with Gasteiger partial charge in [0.2, 0.25) is 0 Å². The average molecular weight is 503 g/mol. The number of amides is 1. The predicted octanol–water partition coefficient (Wildman–Crippen LogP) is 3.14. The van der Waals surface area contributed by atoms with Crippen molar-refractivity contribution in [2.24, 2.45) is 0 Å². The van der Waals surface area contributed by atoms with Crippen LogP contribution in [0.3, 0.4) is 0 Å². The summed E-state index contributed by atoms with van der Waals surface area (Å²) in [7, 11) is 0. The van der Waals surface area contributed by atoms with Gasteiger partial charge in [0.1, 0.15) is 6.17 Å². The highest BCUT2D eigenvalue weighted by Gasteiger charge is 2.53. The molecule has 3 aromatic heterocycles. The van der Waals surface area contributed by atoms with E-state index in [2.05, 4.69) is 25.7 Å². The number of nitrogens with zero attached hydrogens (tertiary/aromatic N) is 4. The summed E-state index contributed by atoms with van der Waals surface area (Å²) >= 11 is 6.02. The third kappa shape index (κ3) is 4.57. The first-order valence-electron chi connectivity index (χ1n) is 11.6. The smallest absolute Gasteiger partial charge is 0.255 e. The molecule has 186 valence electrons. The zero-order valence-electron chi connectivity index (χ0n) is 19.6. The molecule has 0 radical (unpaired) electrons. The first kappa shape index (κ1) is 23.9. The maximum Gasteiger partial charge on any atom is 0.255 e. The number of hydrogen-bond donors (Lipinski definition) is 4. The molecule has 2 aliphatic carbocycles. The fraction of sp³-hybridized carbons (Fsp3) is 0.500. The molecule has 0 spiro atoms. The van der Waals surface area contributed by atoms with Gasteiger partial charge in [-0.25, -0.2) is 13.9 Å². The van der Waals surface area contributed by atoms with E-state index in [4.69, 9.17) is 11.6 Å². The van der Waals surface area contributed by atoms with Crippen LogP contribution in [0.1, 0.15) is 56.3 Å². The summed E-state index contributed by atoms with van der Waals surface area (Å²) in [4.78, 5) is 21.9. The van der Waals surface area contributed by atoms with Gasteiger partial charge in [-0.15, -0.1) is 0 Å². The Morgan fingerprint density at radius 1 is 1.26 bits per heavy atom. The summed E-state index contributed by atoms with van der Waals surface area (Å²) in [6, 6.07) is 1.76. The Kier molecular flexibility index (Phi) is 5.73. The molecule has 9 nitrogen and oxygen atoms in total. The number of nitrogens with one attached hydrogen (secondary N) is 2. The Hall–Kier alpha value is -2.82. The third-order valence-electron chi connectivity index (χ3n) is 7.16. The van der Waals surface area contributed by atoms with Crippen molar-refractivity contribution in [3.63, 3.8) is 0 Å². The molecule has 3 aromatic rings. The van der Waals surface area contributed by atoms with Gasteiger partial charge >= 0.3 is 0 Å². The SMILES string of the molecule is CC(C)(O)[C@H](F)CNC(=O)c1cnc(-c2cnn3cc(Cl)cnc23)cc1NC12CCC(O)(CC1)C2. The topological polar surface area (TPSA) is 125 Å². The summed E-state index contributed by atoms with van der Waals surface area (Å²) in [6.45, 7) is 2.36. The van der Waals surface area contributed by atoms with Crippen molar-refractivity contribution < 1.29 is 19.4 Å². The number of alkyl halides is 1. The van der Waals surface area contributed by atoms with E-state index in [1.165, 1.54) is 26.2 Å². The number of hydrogen-bond acceptors (Lipinski definition) is 7. The molecule has 3 heterocycles. The normalized spacial score (nSPS) is 24.6. The molecule has 2 fully saturated rings. The van der Waals surface area contributed by atoms with Crippen LogP contribution >= 0.6 is 11.6 Å². The van der Waals surface area contributed by atoms with Crippen molar-refractivity contribution in [1.82, 2.24) is 24.9 Å². The first-order chi connectivity index (χ1) is 16.5. The average Bonchev–Trinajstić information content (AvgIpc) is 3.46. The Bertz CT molecular complexity index is 1280. The lowest BCUT2D eigenvalue weighted by atomic mass is 9.92. The minimum atomic E-state index is -1.63. The second kappa shape index (κ2) is 8.39. The van der Waals surface area contributed by atoms with Gasteiger partial charge in [-0.2, -0.15) is 5.10 Å². The van der Waals surface area contributed by atoms with Gasteiger partial charge < -0.3 is 20.8 Å². The second-order valence-corrected chi connectivity index (χ2v) is 10.8. The molecule has 0 aromatic carbocycles. The van der Waals surface area contributed by atoms with Crippen molar-refractivity contribution in [3.8, 4) is 11.3 Å². The van der Waals surface area contributed by atoms with Gasteiger partial charge in [-0.1, -0.05) is 11.6 Å². The molecule has 35 heavy (non-hydrogen) atoms. The standard InChI is InChI=1S/C24H28ClFN6O3/c1-22(2,34)19(26)11-29-21(33)16-9-27-17(15-10-30-32-12-14(25)8-28-20(15)32)7-18(16)31-23-3-5-24(35,13-23)6-4-23/h7-10,12,19,34-35H,3-6,11,13H2,1-2H3,(H,27,31)(H,29,33)/t19-,23?,24?/m1/s1. The molecule has 1 amide bonds. The van der Waals surface area contributed by atoms with Crippen molar-refractivity contribution in [2.45, 2.75) is 68.9 Å². The maximum atomic E-state index is 14.3. The number of carbonyl (C=O) groups is 1. The van der Waals surface area contributed by atoms with Crippen LogP contribution in [0.5, 0.6) is 0 Å². The number of carbonyl (C=O) groups excluding carboxylic acids is 1. The fourth-order valence-corrected chi connectivity index (χ4v) is 5.22. The highest BCUT2D eigenvalue weighted by Crippen LogP contribution is 2.52. The van der Waals surface area contributed by atoms with Crippen LogP contribution in [-0.4, -0.2) is 65.2 Å². The zero-order valence-corrected chi connectivity index (χ0v) is 20.3. The lowest BCUT2D eigenvalue weighted by Crippen LogP contribution is -2.42. The fourth-order valence-electron chi connectivity index (χ4n) is 5.08. The van der Waals surface area contributed by atoms with Gasteiger partial charge in [0, 0.05) is 17.9 Å². The van der Waals surface area contributed by atoms with E-state index >= 15 is 0 Å². The Morgan fingerprint density at radius 2 is 2.00 bits per heavy atom. The van der Waals surface area contributed by atoms with Crippen LogP contribution in [-0.2, 0) is 0 Å². The largest absolute Gasteiger partial charge is 0.390 e. The van der Waals surface area contributed by atoms with Crippen molar-refractivity contribution in [3.05, 3.63) is 41.4 Å². The second-order valence-electron chi connectivity index (χ2n) is 10.4. The molecule has 2 saturated carbocycles. The van der Waals surface area contributed by atoms with Gasteiger partial charge in [0.25, 0.3) is 5.91 Å². The highest BCUT2D eigenvalue weighted by molar-refractivity contribution is 6.30. The van der Waals surface area contributed by atoms with Crippen LogP contribution in [0.15, 0.2) is 30.9 Å². The van der Waals surface area contributed by atoms with Crippen LogP contribution in [0.25, 0.3) is 16.9 Å². The number of aromatic nitrogens is 4. The molecule has 4 N–H and O–H groups in total. The zero-order chi connectivity index (χ0) is 25.0. The van der Waals surface area contributed by atoms with Crippen LogP contribution in [0.2, 0.25) is 5.02 Å². The monoisotopic (exact) mass is 502 g/mol. The number of halogens is 2. The quantitative estimate of drug-likeness (QED) is 0.391. The van der Waals surface area contributed by atoms with Crippen molar-refractivity contribution >= 4 is 28.8 Å². The van der Waals surface area contributed by atoms with E-state index in [-0.39, 0.29) is 17.6 Å². The van der Waals surface area contributed by atoms with Gasteiger partial charge in [-0.3, -0.25) is 9.78 Å². The molecular weight excluding hydrogens is 475 g/mol. The summed E-state index contributed by atoms with van der Waals surface area (Å²) in [5, 5.41) is 31.4. The molecule has 0 aliphatic heterocycles. The Labute approximate surface area is 206 Å². The molecular formula is C24H28ClFN6O3. The number of anilines is 1. The summed E-state index contributed by atoms with van der Waals surface area (Å²) in [5.41, 5.74) is -0.0229. The molecule has 0 unspecified atom stereocenters. The van der Waals surface area contributed by atoms with E-state index in [9.17, 15) is 19.4 Å². The van der Waals surface area contributed by atoms with E-state index < -0.39 is 23.3 Å². The molecule has 11 heteroatoms. The number of aliphatic hydroxyl groups is 2. The van der Waals surface area contributed by atoms with Gasteiger partial charge in [-0.05, 0) is 52.0 Å². The van der Waals surface area contributed by atoms with E-state index in [1.807, 2.05) is 0 Å². The molecule has 0 saturated heterocycles. The number of rotatable bonds is 7. The third-order valence-corrected chi connectivity index (χ3v) is 7.36. The van der Waals surface area contributed by atoms with Crippen LogP contribution < -0.4 is 10.6 Å². The highest BCUT2D eigenvalue weighted by atomic mass is 35.5. The Morgan fingerprint density at radius 3 is 2.66 bits per heavy atom. The van der Waals surface area contributed by atoms with Crippen molar-refractivity contribution in [2.75, 3.05) is 11.9 Å². The predicted molar refractivity (Wildman–Crippen MR) is 129 cm³/mol. The molecule has 1 atom stereocenters.